The molecular formula is C16H29N3OS. The maximum atomic E-state index is 13.1. The van der Waals surface area contributed by atoms with Gasteiger partial charge in [0.15, 0.2) is 0 Å². The second kappa shape index (κ2) is 7.05. The van der Waals surface area contributed by atoms with Crippen LogP contribution in [-0.2, 0) is 4.79 Å². The van der Waals surface area contributed by atoms with Crippen LogP contribution in [0.25, 0.3) is 0 Å². The van der Waals surface area contributed by atoms with E-state index in [2.05, 4.69) is 18.7 Å². The first kappa shape index (κ1) is 16.7. The first-order valence-electron chi connectivity index (χ1n) is 8.34. The Morgan fingerprint density at radius 2 is 1.86 bits per heavy atom. The number of piperazine rings is 1. The molecule has 0 bridgehead atoms. The van der Waals surface area contributed by atoms with Gasteiger partial charge in [0.05, 0.1) is 10.4 Å². The number of carbonyl (C=O) groups excluding carboxylic acids is 1. The van der Waals surface area contributed by atoms with Crippen molar-refractivity contribution in [3.63, 3.8) is 0 Å². The van der Waals surface area contributed by atoms with Crippen LogP contribution in [-0.4, -0.2) is 52.9 Å². The third-order valence-electron chi connectivity index (χ3n) is 5.30. The van der Waals surface area contributed by atoms with E-state index in [1.165, 1.54) is 12.8 Å². The molecule has 0 aromatic heterocycles. The van der Waals surface area contributed by atoms with E-state index in [0.717, 1.165) is 51.9 Å². The lowest BCUT2D eigenvalue weighted by Gasteiger charge is -2.43. The first-order chi connectivity index (χ1) is 10.0. The van der Waals surface area contributed by atoms with Crippen molar-refractivity contribution in [2.75, 3.05) is 26.2 Å². The zero-order valence-electron chi connectivity index (χ0n) is 13.4. The smallest absolute Gasteiger partial charge is 0.235 e. The van der Waals surface area contributed by atoms with Gasteiger partial charge in [0.2, 0.25) is 5.91 Å². The highest BCUT2D eigenvalue weighted by atomic mass is 32.1. The minimum atomic E-state index is -0.570. The Bertz CT molecular complexity index is 391. The van der Waals surface area contributed by atoms with Crippen LogP contribution in [0.4, 0.5) is 0 Å². The summed E-state index contributed by atoms with van der Waals surface area (Å²) in [6.45, 7) is 7.98. The van der Waals surface area contributed by atoms with E-state index in [9.17, 15) is 4.79 Å². The number of hydrogen-bond acceptors (Lipinski definition) is 3. The molecule has 2 N–H and O–H groups in total. The van der Waals surface area contributed by atoms with E-state index < -0.39 is 5.41 Å². The lowest BCUT2D eigenvalue weighted by Crippen LogP contribution is -2.58. The van der Waals surface area contributed by atoms with Gasteiger partial charge in [-0.05, 0) is 26.3 Å². The van der Waals surface area contributed by atoms with Crippen LogP contribution < -0.4 is 5.73 Å². The number of rotatable bonds is 3. The van der Waals surface area contributed by atoms with Crippen molar-refractivity contribution in [2.45, 2.75) is 58.4 Å². The summed E-state index contributed by atoms with van der Waals surface area (Å²) in [6, 6.07) is 0.418. The predicted molar refractivity (Wildman–Crippen MR) is 90.2 cm³/mol. The Kier molecular flexibility index (Phi) is 5.60. The second-order valence-corrected chi connectivity index (χ2v) is 7.03. The fourth-order valence-corrected chi connectivity index (χ4v) is 4.14. The molecule has 1 amide bonds. The van der Waals surface area contributed by atoms with Gasteiger partial charge in [0.25, 0.3) is 0 Å². The summed E-state index contributed by atoms with van der Waals surface area (Å²) >= 11 is 5.33. The van der Waals surface area contributed by atoms with Crippen molar-refractivity contribution in [3.05, 3.63) is 0 Å². The first-order valence-corrected chi connectivity index (χ1v) is 8.75. The van der Waals surface area contributed by atoms with Crippen LogP contribution in [0.15, 0.2) is 0 Å². The largest absolute Gasteiger partial charge is 0.392 e. The summed E-state index contributed by atoms with van der Waals surface area (Å²) in [5.41, 5.74) is 5.47. The zero-order chi connectivity index (χ0) is 15.5. The van der Waals surface area contributed by atoms with Crippen LogP contribution in [0.5, 0.6) is 0 Å². The van der Waals surface area contributed by atoms with Crippen molar-refractivity contribution >= 4 is 23.1 Å². The molecule has 1 saturated heterocycles. The summed E-state index contributed by atoms with van der Waals surface area (Å²) < 4.78 is 0. The molecule has 2 aliphatic rings. The van der Waals surface area contributed by atoms with E-state index in [-0.39, 0.29) is 5.91 Å². The van der Waals surface area contributed by atoms with Gasteiger partial charge in [-0.25, -0.2) is 0 Å². The van der Waals surface area contributed by atoms with Crippen molar-refractivity contribution < 1.29 is 4.79 Å². The molecule has 0 spiro atoms. The highest BCUT2D eigenvalue weighted by Crippen LogP contribution is 2.37. The molecule has 0 aromatic rings. The minimum absolute atomic E-state index is 0.194. The second-order valence-electron chi connectivity index (χ2n) is 6.59. The number of carbonyl (C=O) groups is 1. The van der Waals surface area contributed by atoms with E-state index in [1.54, 1.807) is 0 Å². The van der Waals surface area contributed by atoms with Crippen molar-refractivity contribution in [2.24, 2.45) is 11.1 Å². The molecule has 4 nitrogen and oxygen atoms in total. The molecule has 5 heteroatoms. The minimum Gasteiger partial charge on any atom is -0.392 e. The quantitative estimate of drug-likeness (QED) is 0.641. The molecule has 1 heterocycles. The molecule has 1 atom stereocenters. The molecule has 1 saturated carbocycles. The SMILES string of the molecule is CCN1CCN(C(=O)C2(C(N)=S)CCCCCC2)CC1C. The Balaban J connectivity index is 2.14. The predicted octanol–water partition coefficient (Wildman–Crippen LogP) is 2.17. The van der Waals surface area contributed by atoms with E-state index in [4.69, 9.17) is 18.0 Å². The number of nitrogens with zero attached hydrogens (tertiary/aromatic N) is 2. The van der Waals surface area contributed by atoms with Crippen molar-refractivity contribution in [3.8, 4) is 0 Å². The molecular weight excluding hydrogens is 282 g/mol. The fourth-order valence-electron chi connectivity index (χ4n) is 3.85. The molecule has 120 valence electrons. The van der Waals surface area contributed by atoms with Gasteiger partial charge in [-0.1, -0.05) is 44.8 Å². The van der Waals surface area contributed by atoms with Gasteiger partial charge in [-0.15, -0.1) is 0 Å². The third-order valence-corrected chi connectivity index (χ3v) is 5.69. The number of thiocarbonyl (C=S) groups is 1. The fraction of sp³-hybridized carbons (Fsp3) is 0.875. The number of amides is 1. The Morgan fingerprint density at radius 1 is 1.24 bits per heavy atom. The van der Waals surface area contributed by atoms with E-state index >= 15 is 0 Å². The van der Waals surface area contributed by atoms with Gasteiger partial charge in [-0.2, -0.15) is 0 Å². The monoisotopic (exact) mass is 311 g/mol. The van der Waals surface area contributed by atoms with Crippen molar-refractivity contribution in [1.29, 1.82) is 0 Å². The summed E-state index contributed by atoms with van der Waals surface area (Å²) in [5, 5.41) is 0. The number of hydrogen-bond donors (Lipinski definition) is 1. The summed E-state index contributed by atoms with van der Waals surface area (Å²) in [4.78, 5) is 18.0. The van der Waals surface area contributed by atoms with Crippen LogP contribution >= 0.6 is 12.2 Å². The molecule has 2 rings (SSSR count). The van der Waals surface area contributed by atoms with Crippen LogP contribution in [0.2, 0.25) is 0 Å². The van der Waals surface area contributed by atoms with Crippen LogP contribution in [0.1, 0.15) is 52.4 Å². The Morgan fingerprint density at radius 3 is 2.33 bits per heavy atom. The van der Waals surface area contributed by atoms with Crippen LogP contribution in [0.3, 0.4) is 0 Å². The summed E-state index contributed by atoms with van der Waals surface area (Å²) in [7, 11) is 0. The summed E-state index contributed by atoms with van der Waals surface area (Å²) in [6.07, 6.45) is 6.18. The topological polar surface area (TPSA) is 49.6 Å². The highest BCUT2D eigenvalue weighted by Gasteiger charge is 2.44. The molecule has 0 radical (unpaired) electrons. The van der Waals surface area contributed by atoms with Gasteiger partial charge < -0.3 is 10.6 Å². The Labute approximate surface area is 134 Å². The molecule has 2 fully saturated rings. The lowest BCUT2D eigenvalue weighted by molar-refractivity contribution is -0.141. The zero-order valence-corrected chi connectivity index (χ0v) is 14.3. The van der Waals surface area contributed by atoms with Gasteiger partial charge in [0.1, 0.15) is 0 Å². The van der Waals surface area contributed by atoms with Crippen LogP contribution in [0, 0.1) is 5.41 Å². The maximum absolute atomic E-state index is 13.1. The van der Waals surface area contributed by atoms with Gasteiger partial charge in [-0.3, -0.25) is 9.69 Å². The molecule has 1 aliphatic carbocycles. The average molecular weight is 311 g/mol. The third kappa shape index (κ3) is 3.39. The van der Waals surface area contributed by atoms with Gasteiger partial charge in [0, 0.05) is 25.7 Å². The molecule has 0 aromatic carbocycles. The average Bonchev–Trinajstić information content (AvgIpc) is 2.73. The summed E-state index contributed by atoms with van der Waals surface area (Å²) in [5.74, 6) is 0.194. The molecule has 21 heavy (non-hydrogen) atoms. The molecule has 1 aliphatic heterocycles. The Hall–Kier alpha value is -0.680. The maximum Gasteiger partial charge on any atom is 0.235 e. The highest BCUT2D eigenvalue weighted by molar-refractivity contribution is 7.80. The van der Waals surface area contributed by atoms with E-state index in [1.807, 2.05) is 4.90 Å². The lowest BCUT2D eigenvalue weighted by atomic mass is 9.78. The normalized spacial score (nSPS) is 27.1. The standard InChI is InChI=1S/C16H29N3OS/c1-3-18-10-11-19(12-13(18)2)15(20)16(14(17)21)8-6-4-5-7-9-16/h13H,3-12H2,1-2H3,(H2,17,21). The number of nitrogens with two attached hydrogens (primary N) is 1. The molecule has 1 unspecified atom stereocenters. The van der Waals surface area contributed by atoms with Crippen molar-refractivity contribution in [1.82, 2.24) is 9.80 Å². The van der Waals surface area contributed by atoms with E-state index in [0.29, 0.717) is 11.0 Å². The van der Waals surface area contributed by atoms with Gasteiger partial charge >= 0.3 is 0 Å². The number of likely N-dealkylation sites (N-methyl/N-ethyl adjacent to an activating group) is 1.